The molecule has 1 N–H and O–H groups in total. The molecule has 0 atom stereocenters. The fraction of sp³-hybridized carbons (Fsp3) is 0.188. The molecular formula is C16H14BrCl2NO. The summed E-state index contributed by atoms with van der Waals surface area (Å²) in [5.41, 5.74) is 3.31. The average Bonchev–Trinajstić information content (AvgIpc) is 2.41. The van der Waals surface area contributed by atoms with E-state index in [4.69, 9.17) is 23.2 Å². The van der Waals surface area contributed by atoms with Crippen LogP contribution >= 0.6 is 39.1 Å². The molecule has 2 nitrogen and oxygen atoms in total. The summed E-state index contributed by atoms with van der Waals surface area (Å²) in [7, 11) is 0. The first-order valence-corrected chi connectivity index (χ1v) is 8.02. The van der Waals surface area contributed by atoms with E-state index in [0.29, 0.717) is 15.6 Å². The summed E-state index contributed by atoms with van der Waals surface area (Å²) in [6, 6.07) is 8.81. The summed E-state index contributed by atoms with van der Waals surface area (Å²) >= 11 is 15.4. The van der Waals surface area contributed by atoms with Crippen molar-refractivity contribution < 1.29 is 4.79 Å². The van der Waals surface area contributed by atoms with E-state index in [2.05, 4.69) is 21.2 Å². The Balaban J connectivity index is 2.36. The minimum absolute atomic E-state index is 0.239. The second-order valence-electron chi connectivity index (χ2n) is 4.69. The van der Waals surface area contributed by atoms with Gasteiger partial charge in [0, 0.05) is 15.2 Å². The van der Waals surface area contributed by atoms with Crippen LogP contribution in [0.3, 0.4) is 0 Å². The number of rotatable bonds is 3. The number of nitrogens with one attached hydrogen (secondary N) is 1. The molecule has 0 bridgehead atoms. The fourth-order valence-corrected chi connectivity index (χ4v) is 3.24. The Morgan fingerprint density at radius 1 is 1.24 bits per heavy atom. The molecule has 5 heteroatoms. The molecule has 0 aromatic heterocycles. The Morgan fingerprint density at radius 2 is 1.95 bits per heavy atom. The van der Waals surface area contributed by atoms with Crippen molar-refractivity contribution in [3.63, 3.8) is 0 Å². The number of aryl methyl sites for hydroxylation is 2. The molecular weight excluding hydrogens is 373 g/mol. The third-order valence-corrected chi connectivity index (χ3v) is 4.18. The number of carbonyl (C=O) groups is 1. The Morgan fingerprint density at radius 3 is 2.57 bits per heavy atom. The van der Waals surface area contributed by atoms with Crippen molar-refractivity contribution in [3.05, 3.63) is 61.5 Å². The van der Waals surface area contributed by atoms with Crippen LogP contribution in [0.2, 0.25) is 10.0 Å². The molecule has 0 saturated carbocycles. The summed E-state index contributed by atoms with van der Waals surface area (Å²) in [6.07, 6.45) is 0.824. The summed E-state index contributed by atoms with van der Waals surface area (Å²) < 4.78 is 0.999. The highest BCUT2D eigenvalue weighted by atomic mass is 79.9. The largest absolute Gasteiger partial charge is 0.321 e. The van der Waals surface area contributed by atoms with E-state index in [1.54, 1.807) is 18.2 Å². The number of carbonyl (C=O) groups excluding carboxylic acids is 1. The molecule has 110 valence electrons. The van der Waals surface area contributed by atoms with Gasteiger partial charge in [0.25, 0.3) is 5.91 Å². The maximum atomic E-state index is 12.4. The molecule has 2 rings (SSSR count). The molecule has 0 radical (unpaired) electrons. The normalized spacial score (nSPS) is 10.5. The lowest BCUT2D eigenvalue weighted by Gasteiger charge is -2.14. The predicted molar refractivity (Wildman–Crippen MR) is 92.7 cm³/mol. The molecule has 2 aromatic carbocycles. The van der Waals surface area contributed by atoms with Crippen molar-refractivity contribution in [2.45, 2.75) is 20.3 Å². The fourth-order valence-electron chi connectivity index (χ4n) is 2.12. The first-order valence-electron chi connectivity index (χ1n) is 6.47. The van der Waals surface area contributed by atoms with Crippen LogP contribution in [0.5, 0.6) is 0 Å². The Bertz CT molecular complexity index is 701. The van der Waals surface area contributed by atoms with Crippen LogP contribution in [0, 0.1) is 6.92 Å². The van der Waals surface area contributed by atoms with Gasteiger partial charge in [-0.15, -0.1) is 0 Å². The monoisotopic (exact) mass is 385 g/mol. The predicted octanol–water partition coefficient (Wildman–Crippen LogP) is 5.88. The number of anilines is 1. The maximum Gasteiger partial charge on any atom is 0.257 e. The zero-order valence-electron chi connectivity index (χ0n) is 11.6. The van der Waals surface area contributed by atoms with E-state index in [-0.39, 0.29) is 5.91 Å². The maximum absolute atomic E-state index is 12.4. The van der Waals surface area contributed by atoms with Crippen molar-refractivity contribution in [1.82, 2.24) is 0 Å². The van der Waals surface area contributed by atoms with Gasteiger partial charge in [0.05, 0.1) is 10.6 Å². The van der Waals surface area contributed by atoms with E-state index in [0.717, 1.165) is 27.7 Å². The first-order chi connectivity index (χ1) is 9.92. The summed E-state index contributed by atoms with van der Waals surface area (Å²) in [5.74, 6) is -0.239. The van der Waals surface area contributed by atoms with Gasteiger partial charge in [0.1, 0.15) is 0 Å². The molecule has 0 aliphatic rings. The topological polar surface area (TPSA) is 29.1 Å². The van der Waals surface area contributed by atoms with E-state index >= 15 is 0 Å². The zero-order valence-corrected chi connectivity index (χ0v) is 14.7. The lowest BCUT2D eigenvalue weighted by atomic mass is 10.1. The number of amides is 1. The van der Waals surface area contributed by atoms with Crippen LogP contribution in [-0.2, 0) is 6.42 Å². The van der Waals surface area contributed by atoms with Crippen molar-refractivity contribution in [2.75, 3.05) is 5.32 Å². The number of hydrogen-bond acceptors (Lipinski definition) is 1. The Kier molecular flexibility index (Phi) is 5.31. The van der Waals surface area contributed by atoms with Gasteiger partial charge in [-0.05, 0) is 54.8 Å². The average molecular weight is 387 g/mol. The molecule has 0 aliphatic carbocycles. The minimum atomic E-state index is -0.239. The molecule has 0 heterocycles. The molecule has 1 amide bonds. The molecule has 0 fully saturated rings. The van der Waals surface area contributed by atoms with Gasteiger partial charge < -0.3 is 5.32 Å². The van der Waals surface area contributed by atoms with Crippen LogP contribution < -0.4 is 5.32 Å². The zero-order chi connectivity index (χ0) is 15.6. The van der Waals surface area contributed by atoms with Gasteiger partial charge in [-0.1, -0.05) is 46.1 Å². The highest BCUT2D eigenvalue weighted by Crippen LogP contribution is 2.28. The van der Waals surface area contributed by atoms with E-state index < -0.39 is 0 Å². The lowest BCUT2D eigenvalue weighted by molar-refractivity contribution is 0.102. The second kappa shape index (κ2) is 6.82. The summed E-state index contributed by atoms with van der Waals surface area (Å²) in [4.78, 5) is 12.4. The van der Waals surface area contributed by atoms with Crippen LogP contribution in [0.1, 0.15) is 28.4 Å². The van der Waals surface area contributed by atoms with Crippen molar-refractivity contribution in [3.8, 4) is 0 Å². The van der Waals surface area contributed by atoms with Crippen LogP contribution in [-0.4, -0.2) is 5.91 Å². The molecule has 0 saturated heterocycles. The summed E-state index contributed by atoms with van der Waals surface area (Å²) in [6.45, 7) is 4.01. The van der Waals surface area contributed by atoms with Crippen LogP contribution in [0.15, 0.2) is 34.8 Å². The van der Waals surface area contributed by atoms with Gasteiger partial charge in [0.15, 0.2) is 0 Å². The third kappa shape index (κ3) is 3.79. The van der Waals surface area contributed by atoms with E-state index in [1.807, 2.05) is 26.0 Å². The Hall–Kier alpha value is -1.03. The number of benzene rings is 2. The van der Waals surface area contributed by atoms with Crippen LogP contribution in [0.4, 0.5) is 5.69 Å². The van der Waals surface area contributed by atoms with Crippen LogP contribution in [0.25, 0.3) is 0 Å². The smallest absolute Gasteiger partial charge is 0.257 e. The first kappa shape index (κ1) is 16.3. The van der Waals surface area contributed by atoms with Gasteiger partial charge >= 0.3 is 0 Å². The highest BCUT2D eigenvalue weighted by molar-refractivity contribution is 9.10. The molecule has 0 spiro atoms. The second-order valence-corrected chi connectivity index (χ2v) is 6.45. The SMILES string of the molecule is CCc1cc(Br)cc(C)c1NC(=O)c1ccc(Cl)cc1Cl. The number of halogens is 3. The quantitative estimate of drug-likeness (QED) is 0.701. The molecule has 0 aliphatic heterocycles. The minimum Gasteiger partial charge on any atom is -0.321 e. The standard InChI is InChI=1S/C16H14BrCl2NO/c1-3-10-7-11(17)6-9(2)15(10)20-16(21)13-5-4-12(18)8-14(13)19/h4-8H,3H2,1-2H3,(H,20,21). The van der Waals surface area contributed by atoms with Gasteiger partial charge in [-0.25, -0.2) is 0 Å². The van der Waals surface area contributed by atoms with Crippen molar-refractivity contribution >= 4 is 50.7 Å². The number of hydrogen-bond donors (Lipinski definition) is 1. The van der Waals surface area contributed by atoms with Gasteiger partial charge in [-0.2, -0.15) is 0 Å². The molecule has 21 heavy (non-hydrogen) atoms. The van der Waals surface area contributed by atoms with E-state index in [9.17, 15) is 4.79 Å². The van der Waals surface area contributed by atoms with E-state index in [1.165, 1.54) is 0 Å². The highest BCUT2D eigenvalue weighted by Gasteiger charge is 2.14. The van der Waals surface area contributed by atoms with Gasteiger partial charge in [0.2, 0.25) is 0 Å². The van der Waals surface area contributed by atoms with Crippen molar-refractivity contribution in [1.29, 1.82) is 0 Å². The van der Waals surface area contributed by atoms with Gasteiger partial charge in [-0.3, -0.25) is 4.79 Å². The lowest BCUT2D eigenvalue weighted by Crippen LogP contribution is -2.15. The third-order valence-electron chi connectivity index (χ3n) is 3.18. The summed E-state index contributed by atoms with van der Waals surface area (Å²) in [5, 5.41) is 3.79. The Labute approximate surface area is 142 Å². The van der Waals surface area contributed by atoms with Crippen molar-refractivity contribution in [2.24, 2.45) is 0 Å². The molecule has 0 unspecified atom stereocenters. The molecule has 2 aromatic rings.